The first-order valence-corrected chi connectivity index (χ1v) is 3.19. The van der Waals surface area contributed by atoms with Crippen LogP contribution >= 0.6 is 0 Å². The van der Waals surface area contributed by atoms with Gasteiger partial charge in [-0.1, -0.05) is 0 Å². The summed E-state index contributed by atoms with van der Waals surface area (Å²) in [4.78, 5) is 9.39. The quantitative estimate of drug-likeness (QED) is 0.324. The Morgan fingerprint density at radius 1 is 1.64 bits per heavy atom. The highest BCUT2D eigenvalue weighted by Gasteiger charge is 2.13. The van der Waals surface area contributed by atoms with Crippen LogP contribution in [0.15, 0.2) is 12.0 Å². The van der Waals surface area contributed by atoms with Crippen molar-refractivity contribution >= 4 is 0 Å². The number of nitrogens with zero attached hydrogens (tertiary/aromatic N) is 1. The summed E-state index contributed by atoms with van der Waals surface area (Å²) in [5.41, 5.74) is 0. The van der Waals surface area contributed by atoms with Gasteiger partial charge in [-0.15, -0.1) is 0 Å². The summed E-state index contributed by atoms with van der Waals surface area (Å²) in [6, 6.07) is 0. The van der Waals surface area contributed by atoms with E-state index >= 15 is 0 Å². The van der Waals surface area contributed by atoms with E-state index in [1.807, 2.05) is 0 Å². The summed E-state index contributed by atoms with van der Waals surface area (Å²) in [7, 11) is 0. The maximum absolute atomic E-state index is 9.94. The van der Waals surface area contributed by atoms with Gasteiger partial charge in [-0.05, 0) is 0 Å². The molecule has 1 rings (SSSR count). The standard InChI is InChI=1S/C5H9N3O3/c9-4-1-6-5(7-2-4)3-8(10)11/h3-4,6-7,9H,1-2H2. The third-order valence-corrected chi connectivity index (χ3v) is 1.29. The number of β-amino-alcohol motifs (C(OH)–C–C–N with tert-alkyl or cyclic N) is 1. The maximum Gasteiger partial charge on any atom is 0.274 e. The SMILES string of the molecule is O=[N+]([O-])C=C1NCC(O)CN1. The molecule has 6 nitrogen and oxygen atoms in total. The Kier molecular flexibility index (Phi) is 2.27. The Bertz CT molecular complexity index is 181. The fourth-order valence-electron chi connectivity index (χ4n) is 0.787. The minimum atomic E-state index is -0.549. The van der Waals surface area contributed by atoms with Crippen molar-refractivity contribution in [1.29, 1.82) is 0 Å². The molecule has 1 fully saturated rings. The van der Waals surface area contributed by atoms with Crippen LogP contribution in [0.2, 0.25) is 0 Å². The lowest BCUT2D eigenvalue weighted by Gasteiger charge is -2.21. The van der Waals surface area contributed by atoms with Gasteiger partial charge in [0.2, 0.25) is 0 Å². The summed E-state index contributed by atoms with van der Waals surface area (Å²) in [6.07, 6.45) is 0.366. The largest absolute Gasteiger partial charge is 0.389 e. The molecule has 62 valence electrons. The highest BCUT2D eigenvalue weighted by atomic mass is 16.6. The lowest BCUT2D eigenvalue weighted by atomic mass is 10.3. The molecule has 0 saturated carbocycles. The molecule has 0 unspecified atom stereocenters. The summed E-state index contributed by atoms with van der Waals surface area (Å²) in [5.74, 6) is 0.348. The Morgan fingerprint density at radius 2 is 2.18 bits per heavy atom. The zero-order valence-electron chi connectivity index (χ0n) is 5.78. The van der Waals surface area contributed by atoms with Crippen molar-refractivity contribution in [3.63, 3.8) is 0 Å². The van der Waals surface area contributed by atoms with E-state index in [1.54, 1.807) is 0 Å². The lowest BCUT2D eigenvalue weighted by molar-refractivity contribution is -0.404. The van der Waals surface area contributed by atoms with Gasteiger partial charge in [0.1, 0.15) is 0 Å². The zero-order chi connectivity index (χ0) is 8.27. The van der Waals surface area contributed by atoms with Crippen molar-refractivity contribution in [2.24, 2.45) is 0 Å². The number of rotatable bonds is 1. The highest BCUT2D eigenvalue weighted by Crippen LogP contribution is 1.92. The minimum absolute atomic E-state index is 0.348. The molecule has 6 heteroatoms. The monoisotopic (exact) mass is 159 g/mol. The van der Waals surface area contributed by atoms with Gasteiger partial charge in [0, 0.05) is 13.1 Å². The molecule has 0 aromatic heterocycles. The Morgan fingerprint density at radius 3 is 2.64 bits per heavy atom. The van der Waals surface area contributed by atoms with Crippen LogP contribution in [0.25, 0.3) is 0 Å². The summed E-state index contributed by atoms with van der Waals surface area (Å²) >= 11 is 0. The van der Waals surface area contributed by atoms with Gasteiger partial charge < -0.3 is 15.7 Å². The number of nitrogens with one attached hydrogen (secondary N) is 2. The molecule has 0 spiro atoms. The van der Waals surface area contributed by atoms with Gasteiger partial charge in [-0.3, -0.25) is 10.1 Å². The molecule has 0 aliphatic carbocycles. The van der Waals surface area contributed by atoms with E-state index < -0.39 is 11.0 Å². The molecule has 3 N–H and O–H groups in total. The van der Waals surface area contributed by atoms with E-state index in [0.29, 0.717) is 18.9 Å². The van der Waals surface area contributed by atoms with Crippen molar-refractivity contribution in [2.45, 2.75) is 6.10 Å². The molecule has 1 aliphatic rings. The van der Waals surface area contributed by atoms with E-state index in [-0.39, 0.29) is 0 Å². The predicted molar refractivity (Wildman–Crippen MR) is 37.1 cm³/mol. The van der Waals surface area contributed by atoms with Crippen LogP contribution in [0.4, 0.5) is 0 Å². The summed E-state index contributed by atoms with van der Waals surface area (Å²) < 4.78 is 0. The first kappa shape index (κ1) is 7.80. The van der Waals surface area contributed by atoms with Crippen LogP contribution in [0.1, 0.15) is 0 Å². The van der Waals surface area contributed by atoms with Crippen molar-refractivity contribution in [3.05, 3.63) is 22.1 Å². The second-order valence-electron chi connectivity index (χ2n) is 2.24. The number of aliphatic hydroxyl groups excluding tert-OH is 1. The number of hydrogen-bond acceptors (Lipinski definition) is 5. The average molecular weight is 159 g/mol. The minimum Gasteiger partial charge on any atom is -0.389 e. The summed E-state index contributed by atoms with van der Waals surface area (Å²) in [5, 5.41) is 24.2. The van der Waals surface area contributed by atoms with Crippen LogP contribution < -0.4 is 10.6 Å². The number of nitro groups is 1. The molecule has 0 atom stereocenters. The third kappa shape index (κ3) is 2.42. The fourth-order valence-corrected chi connectivity index (χ4v) is 0.787. The van der Waals surface area contributed by atoms with Crippen LogP contribution in [-0.2, 0) is 0 Å². The van der Waals surface area contributed by atoms with Crippen LogP contribution in [0.3, 0.4) is 0 Å². The smallest absolute Gasteiger partial charge is 0.274 e. The number of hydrogen-bond donors (Lipinski definition) is 3. The average Bonchev–Trinajstić information content (AvgIpc) is 1.93. The van der Waals surface area contributed by atoms with E-state index in [2.05, 4.69) is 10.6 Å². The maximum atomic E-state index is 9.94. The van der Waals surface area contributed by atoms with Gasteiger partial charge in [0.05, 0.1) is 11.0 Å². The molecule has 0 radical (unpaired) electrons. The molecule has 0 aromatic carbocycles. The van der Waals surface area contributed by atoms with Crippen molar-refractivity contribution in [3.8, 4) is 0 Å². The zero-order valence-corrected chi connectivity index (χ0v) is 5.78. The van der Waals surface area contributed by atoms with Gasteiger partial charge in [-0.2, -0.15) is 0 Å². The first-order chi connectivity index (χ1) is 5.18. The van der Waals surface area contributed by atoms with E-state index in [9.17, 15) is 10.1 Å². The van der Waals surface area contributed by atoms with E-state index in [1.165, 1.54) is 0 Å². The van der Waals surface area contributed by atoms with Gasteiger partial charge in [-0.25, -0.2) is 0 Å². The second-order valence-corrected chi connectivity index (χ2v) is 2.24. The molecular formula is C5H9N3O3. The van der Waals surface area contributed by atoms with Crippen molar-refractivity contribution in [2.75, 3.05) is 13.1 Å². The summed E-state index contributed by atoms with van der Waals surface area (Å²) in [6.45, 7) is 0.708. The molecule has 0 aromatic rings. The predicted octanol–water partition coefficient (Wildman–Crippen LogP) is -1.38. The fraction of sp³-hybridized carbons (Fsp3) is 0.600. The molecule has 1 saturated heterocycles. The molecule has 1 heterocycles. The normalized spacial score (nSPS) is 23.4. The number of aliphatic hydroxyl groups is 1. The molecule has 0 amide bonds. The van der Waals surface area contributed by atoms with Crippen LogP contribution in [0.5, 0.6) is 0 Å². The van der Waals surface area contributed by atoms with Crippen LogP contribution in [0, 0.1) is 10.1 Å². The Labute approximate surface area is 63.1 Å². The lowest BCUT2D eigenvalue weighted by Crippen LogP contribution is -2.45. The van der Waals surface area contributed by atoms with Gasteiger partial charge in [0.25, 0.3) is 6.20 Å². The first-order valence-electron chi connectivity index (χ1n) is 3.19. The second kappa shape index (κ2) is 3.20. The molecule has 0 bridgehead atoms. The Balaban J connectivity index is 2.45. The molecule has 1 aliphatic heterocycles. The topological polar surface area (TPSA) is 87.4 Å². The van der Waals surface area contributed by atoms with E-state index in [0.717, 1.165) is 6.20 Å². The third-order valence-electron chi connectivity index (χ3n) is 1.29. The van der Waals surface area contributed by atoms with Crippen molar-refractivity contribution < 1.29 is 10.0 Å². The van der Waals surface area contributed by atoms with Gasteiger partial charge in [0.15, 0.2) is 5.82 Å². The van der Waals surface area contributed by atoms with Crippen LogP contribution in [-0.4, -0.2) is 29.2 Å². The van der Waals surface area contributed by atoms with E-state index in [4.69, 9.17) is 5.11 Å². The Hall–Kier alpha value is -1.30. The van der Waals surface area contributed by atoms with Gasteiger partial charge >= 0.3 is 0 Å². The van der Waals surface area contributed by atoms with Crippen molar-refractivity contribution in [1.82, 2.24) is 10.6 Å². The highest BCUT2D eigenvalue weighted by molar-refractivity contribution is 4.96. The molecular weight excluding hydrogens is 150 g/mol. The molecule has 11 heavy (non-hydrogen) atoms.